The fourth-order valence-electron chi connectivity index (χ4n) is 1.48. The Morgan fingerprint density at radius 1 is 1.32 bits per heavy atom. The number of halogens is 1. The van der Waals surface area contributed by atoms with Crippen LogP contribution in [0.2, 0.25) is 5.02 Å². The van der Waals surface area contributed by atoms with Crippen molar-refractivity contribution in [2.45, 2.75) is 13.0 Å². The lowest BCUT2D eigenvalue weighted by molar-refractivity contribution is -0.122. The van der Waals surface area contributed by atoms with Crippen LogP contribution in [0, 0.1) is 0 Å². The molecule has 5 heteroatoms. The molecule has 0 radical (unpaired) electrons. The Labute approximate surface area is 116 Å². The van der Waals surface area contributed by atoms with Crippen LogP contribution < -0.4 is 10.1 Å². The molecule has 4 nitrogen and oxygen atoms in total. The number of hydrogen-bond acceptors (Lipinski definition) is 3. The van der Waals surface area contributed by atoms with Crippen LogP contribution in [-0.4, -0.2) is 17.0 Å². The van der Waals surface area contributed by atoms with Gasteiger partial charge in [0, 0.05) is 23.1 Å². The van der Waals surface area contributed by atoms with Crippen molar-refractivity contribution in [1.82, 2.24) is 4.98 Å². The van der Waals surface area contributed by atoms with E-state index in [1.54, 1.807) is 55.7 Å². The smallest absolute Gasteiger partial charge is 0.265 e. The van der Waals surface area contributed by atoms with Crippen LogP contribution in [-0.2, 0) is 4.79 Å². The molecule has 0 aliphatic rings. The van der Waals surface area contributed by atoms with Crippen LogP contribution >= 0.6 is 11.6 Å². The van der Waals surface area contributed by atoms with E-state index in [9.17, 15) is 4.79 Å². The summed E-state index contributed by atoms with van der Waals surface area (Å²) in [7, 11) is 0. The molecule has 2 rings (SSSR count). The third-order valence-electron chi connectivity index (χ3n) is 2.43. The molecule has 1 atom stereocenters. The molecule has 1 heterocycles. The second kappa shape index (κ2) is 6.20. The number of benzene rings is 1. The van der Waals surface area contributed by atoms with Crippen molar-refractivity contribution in [1.29, 1.82) is 0 Å². The fraction of sp³-hybridized carbons (Fsp3) is 0.143. The number of aromatic nitrogens is 1. The first-order valence-electron chi connectivity index (χ1n) is 5.78. The molecule has 1 amide bonds. The van der Waals surface area contributed by atoms with Gasteiger partial charge in [0.2, 0.25) is 0 Å². The minimum atomic E-state index is -0.619. The number of anilines is 1. The molecule has 1 N–H and O–H groups in total. The van der Waals surface area contributed by atoms with Crippen LogP contribution in [0.3, 0.4) is 0 Å². The van der Waals surface area contributed by atoms with Gasteiger partial charge in [-0.3, -0.25) is 9.78 Å². The average Bonchev–Trinajstić information content (AvgIpc) is 2.40. The van der Waals surface area contributed by atoms with Gasteiger partial charge in [-0.1, -0.05) is 17.7 Å². The number of amides is 1. The maximum Gasteiger partial charge on any atom is 0.265 e. The first-order chi connectivity index (χ1) is 9.15. The molecule has 98 valence electrons. The Morgan fingerprint density at radius 2 is 2.05 bits per heavy atom. The van der Waals surface area contributed by atoms with Crippen molar-refractivity contribution in [3.05, 3.63) is 53.8 Å². The quantitative estimate of drug-likeness (QED) is 0.933. The van der Waals surface area contributed by atoms with E-state index in [0.29, 0.717) is 16.5 Å². The summed E-state index contributed by atoms with van der Waals surface area (Å²) in [5.41, 5.74) is 0.682. The topological polar surface area (TPSA) is 51.2 Å². The first-order valence-corrected chi connectivity index (χ1v) is 6.16. The minimum absolute atomic E-state index is 0.230. The summed E-state index contributed by atoms with van der Waals surface area (Å²) in [6, 6.07) is 10.4. The van der Waals surface area contributed by atoms with Crippen molar-refractivity contribution in [2.24, 2.45) is 0 Å². The van der Waals surface area contributed by atoms with Crippen LogP contribution in [0.4, 0.5) is 5.69 Å². The lowest BCUT2D eigenvalue weighted by Crippen LogP contribution is -2.30. The highest BCUT2D eigenvalue weighted by atomic mass is 35.5. The average molecular weight is 277 g/mol. The third-order valence-corrected chi connectivity index (χ3v) is 2.66. The Balaban J connectivity index is 1.96. The second-order valence-corrected chi connectivity index (χ2v) is 4.38. The fourth-order valence-corrected chi connectivity index (χ4v) is 1.66. The molecule has 2 aromatic rings. The van der Waals surface area contributed by atoms with Gasteiger partial charge in [-0.2, -0.15) is 0 Å². The third kappa shape index (κ3) is 3.96. The summed E-state index contributed by atoms with van der Waals surface area (Å²) in [6.07, 6.45) is 2.60. The molecule has 0 saturated heterocycles. The number of carbonyl (C=O) groups is 1. The highest BCUT2D eigenvalue weighted by Gasteiger charge is 2.14. The van der Waals surface area contributed by atoms with Gasteiger partial charge in [-0.15, -0.1) is 0 Å². The molecule has 0 aliphatic carbocycles. The Bertz CT molecular complexity index is 560. The van der Waals surface area contributed by atoms with E-state index in [-0.39, 0.29) is 5.91 Å². The first kappa shape index (κ1) is 13.4. The largest absolute Gasteiger partial charge is 0.481 e. The zero-order valence-electron chi connectivity index (χ0n) is 10.3. The van der Waals surface area contributed by atoms with E-state index in [1.165, 1.54) is 0 Å². The predicted octanol–water partition coefficient (Wildman–Crippen LogP) is 3.14. The van der Waals surface area contributed by atoms with Gasteiger partial charge in [0.15, 0.2) is 6.10 Å². The van der Waals surface area contributed by atoms with E-state index in [4.69, 9.17) is 16.3 Å². The van der Waals surface area contributed by atoms with Crippen molar-refractivity contribution < 1.29 is 9.53 Å². The molecule has 1 aromatic heterocycles. The molecule has 0 aliphatic heterocycles. The van der Waals surface area contributed by atoms with Crippen LogP contribution in [0.15, 0.2) is 48.8 Å². The highest BCUT2D eigenvalue weighted by Crippen LogP contribution is 2.18. The van der Waals surface area contributed by atoms with Crippen LogP contribution in [0.25, 0.3) is 0 Å². The number of hydrogen-bond donors (Lipinski definition) is 1. The maximum absolute atomic E-state index is 11.9. The van der Waals surface area contributed by atoms with Gasteiger partial charge in [-0.25, -0.2) is 0 Å². The molecule has 1 aromatic carbocycles. The molecular weight excluding hydrogens is 264 g/mol. The molecule has 0 unspecified atom stereocenters. The predicted molar refractivity (Wildman–Crippen MR) is 74.4 cm³/mol. The van der Waals surface area contributed by atoms with Crippen molar-refractivity contribution in [3.63, 3.8) is 0 Å². The number of pyridine rings is 1. The number of nitrogens with one attached hydrogen (secondary N) is 1. The Kier molecular flexibility index (Phi) is 4.36. The summed E-state index contributed by atoms with van der Waals surface area (Å²) in [6.45, 7) is 1.68. The summed E-state index contributed by atoms with van der Waals surface area (Å²) in [5, 5.41) is 3.31. The van der Waals surface area contributed by atoms with Gasteiger partial charge in [0.25, 0.3) is 5.91 Å². The van der Waals surface area contributed by atoms with E-state index in [2.05, 4.69) is 10.3 Å². The van der Waals surface area contributed by atoms with Gasteiger partial charge in [0.05, 0.1) is 0 Å². The number of carbonyl (C=O) groups excluding carboxylic acids is 1. The van der Waals surface area contributed by atoms with Crippen molar-refractivity contribution in [3.8, 4) is 5.75 Å². The number of ether oxygens (including phenoxy) is 1. The van der Waals surface area contributed by atoms with Crippen molar-refractivity contribution >= 4 is 23.2 Å². The van der Waals surface area contributed by atoms with Crippen molar-refractivity contribution in [2.75, 3.05) is 5.32 Å². The van der Waals surface area contributed by atoms with Gasteiger partial charge >= 0.3 is 0 Å². The summed E-state index contributed by atoms with van der Waals surface area (Å²) in [4.78, 5) is 15.8. The van der Waals surface area contributed by atoms with Gasteiger partial charge < -0.3 is 10.1 Å². The van der Waals surface area contributed by atoms with E-state index in [1.807, 2.05) is 0 Å². The summed E-state index contributed by atoms with van der Waals surface area (Å²) in [5.74, 6) is 0.330. The number of nitrogens with zero attached hydrogens (tertiary/aromatic N) is 1. The zero-order valence-corrected chi connectivity index (χ0v) is 11.1. The normalized spacial score (nSPS) is 11.7. The molecule has 0 fully saturated rings. The van der Waals surface area contributed by atoms with E-state index < -0.39 is 6.10 Å². The minimum Gasteiger partial charge on any atom is -0.481 e. The highest BCUT2D eigenvalue weighted by molar-refractivity contribution is 6.30. The van der Waals surface area contributed by atoms with E-state index >= 15 is 0 Å². The van der Waals surface area contributed by atoms with E-state index in [0.717, 1.165) is 0 Å². The second-order valence-electron chi connectivity index (χ2n) is 3.94. The molecule has 19 heavy (non-hydrogen) atoms. The van der Waals surface area contributed by atoms with Gasteiger partial charge in [0.1, 0.15) is 5.75 Å². The van der Waals surface area contributed by atoms with Crippen LogP contribution in [0.5, 0.6) is 5.75 Å². The molecule has 0 spiro atoms. The monoisotopic (exact) mass is 276 g/mol. The Hall–Kier alpha value is -2.07. The van der Waals surface area contributed by atoms with Crippen LogP contribution in [0.1, 0.15) is 6.92 Å². The molecule has 0 bridgehead atoms. The maximum atomic E-state index is 11.9. The SMILES string of the molecule is C[C@H](Oc1cccc(Cl)c1)C(=O)Nc1ccncc1. The lowest BCUT2D eigenvalue weighted by Gasteiger charge is -2.14. The lowest BCUT2D eigenvalue weighted by atomic mass is 10.3. The zero-order chi connectivity index (χ0) is 13.7. The summed E-state index contributed by atoms with van der Waals surface area (Å²) < 4.78 is 5.52. The molecule has 0 saturated carbocycles. The molecular formula is C14H13ClN2O2. The Morgan fingerprint density at radius 3 is 2.74 bits per heavy atom. The standard InChI is InChI=1S/C14H13ClN2O2/c1-10(19-13-4-2-3-11(15)9-13)14(18)17-12-5-7-16-8-6-12/h2-10H,1H3,(H,16,17,18)/t10-/m0/s1. The van der Waals surface area contributed by atoms with Gasteiger partial charge in [-0.05, 0) is 37.3 Å². The number of rotatable bonds is 4. The summed E-state index contributed by atoms with van der Waals surface area (Å²) >= 11 is 5.85.